The Hall–Kier alpha value is -3.63. The lowest BCUT2D eigenvalue weighted by atomic mass is 9.74. The van der Waals surface area contributed by atoms with Crippen LogP contribution in [0.1, 0.15) is 90.5 Å². The molecule has 0 spiro atoms. The topological polar surface area (TPSA) is 157 Å². The van der Waals surface area contributed by atoms with Crippen LogP contribution in [0.25, 0.3) is 22.3 Å². The molecule has 3 aromatic rings. The minimum Gasteiger partial charge on any atom is -0.491 e. The first-order valence-electron chi connectivity index (χ1n) is 21.2. The summed E-state index contributed by atoms with van der Waals surface area (Å²) in [5.74, 6) is -0.538. The van der Waals surface area contributed by atoms with Gasteiger partial charge in [-0.3, -0.25) is 24.0 Å². The van der Waals surface area contributed by atoms with Crippen molar-refractivity contribution < 1.29 is 37.0 Å². The van der Waals surface area contributed by atoms with E-state index in [0.29, 0.717) is 90.7 Å². The third-order valence-electron chi connectivity index (χ3n) is 13.0. The number of thiazole rings is 1. The Balaban J connectivity index is 1.11. The highest BCUT2D eigenvalue weighted by Gasteiger charge is 2.62. The van der Waals surface area contributed by atoms with Gasteiger partial charge in [0.1, 0.15) is 34.9 Å². The number of rotatable bonds is 15. The normalized spacial score (nSPS) is 27.2. The Morgan fingerprint density at radius 2 is 1.87 bits per heavy atom. The molecule has 0 radical (unpaired) electrons. The largest absolute Gasteiger partial charge is 0.491 e. The van der Waals surface area contributed by atoms with E-state index in [9.17, 15) is 22.8 Å². The van der Waals surface area contributed by atoms with Crippen LogP contribution in [0.2, 0.25) is 5.02 Å². The molecule has 6 atom stereocenters. The van der Waals surface area contributed by atoms with E-state index in [-0.39, 0.29) is 47.7 Å². The summed E-state index contributed by atoms with van der Waals surface area (Å²) >= 11 is 8.69. The number of aromatic nitrogens is 2. The summed E-state index contributed by atoms with van der Waals surface area (Å²) in [4.78, 5) is 56.8. The molecule has 1 N–H and O–H groups in total. The zero-order valence-corrected chi connectivity index (χ0v) is 37.5. The van der Waals surface area contributed by atoms with Gasteiger partial charge in [0.05, 0.1) is 52.2 Å². The molecule has 0 bridgehead atoms. The lowest BCUT2D eigenvalue weighted by Gasteiger charge is -2.43. The molecule has 3 saturated heterocycles. The van der Waals surface area contributed by atoms with Gasteiger partial charge < -0.3 is 19.1 Å². The molecule has 2 aliphatic carbocycles. The van der Waals surface area contributed by atoms with Gasteiger partial charge in [0, 0.05) is 61.1 Å². The highest BCUT2D eigenvalue weighted by Crippen LogP contribution is 2.57. The zero-order chi connectivity index (χ0) is 42.7. The van der Waals surface area contributed by atoms with Gasteiger partial charge in [-0.25, -0.2) is 18.4 Å². The molecule has 5 aliphatic rings. The highest BCUT2D eigenvalue weighted by molar-refractivity contribution is 7.90. The molecule has 16 heteroatoms. The van der Waals surface area contributed by atoms with Crippen LogP contribution in [0.4, 0.5) is 0 Å². The van der Waals surface area contributed by atoms with E-state index in [1.54, 1.807) is 22.3 Å². The third-order valence-corrected chi connectivity index (χ3v) is 16.4. The molecule has 1 aromatic carbocycles. The number of nitrogens with zero attached hydrogens (tertiary/aromatic N) is 4. The van der Waals surface area contributed by atoms with Crippen molar-refractivity contribution in [1.82, 2.24) is 24.5 Å². The van der Waals surface area contributed by atoms with E-state index < -0.39 is 44.8 Å². The van der Waals surface area contributed by atoms with Gasteiger partial charge >= 0.3 is 0 Å². The lowest BCUT2D eigenvalue weighted by molar-refractivity contribution is -0.151. The quantitative estimate of drug-likeness (QED) is 0.161. The van der Waals surface area contributed by atoms with Crippen molar-refractivity contribution in [1.29, 1.82) is 0 Å². The van der Waals surface area contributed by atoms with Crippen LogP contribution in [0.3, 0.4) is 0 Å². The summed E-state index contributed by atoms with van der Waals surface area (Å²) < 4.78 is 46.7. The van der Waals surface area contributed by atoms with E-state index in [2.05, 4.69) is 30.0 Å². The van der Waals surface area contributed by atoms with Crippen LogP contribution in [-0.4, -0.2) is 109 Å². The minimum absolute atomic E-state index is 0.111. The Bertz CT molecular complexity index is 2280. The highest BCUT2D eigenvalue weighted by atomic mass is 35.5. The maximum absolute atomic E-state index is 14.6. The number of ether oxygens (including phenoxy) is 3. The average Bonchev–Trinajstić information content (AvgIpc) is 4.10. The van der Waals surface area contributed by atoms with Crippen molar-refractivity contribution in [3.63, 3.8) is 0 Å². The van der Waals surface area contributed by atoms with E-state index in [4.69, 9.17) is 35.8 Å². The van der Waals surface area contributed by atoms with Gasteiger partial charge in [-0.15, -0.1) is 17.9 Å². The first-order chi connectivity index (χ1) is 28.5. The number of Topliss-reactive ketones (excluding diaryl/α,β-unsaturated/α-hetero) is 1. The summed E-state index contributed by atoms with van der Waals surface area (Å²) in [6.45, 7) is 18.4. The van der Waals surface area contributed by atoms with E-state index in [1.165, 1.54) is 0 Å². The van der Waals surface area contributed by atoms with E-state index in [1.807, 2.05) is 44.4 Å². The summed E-state index contributed by atoms with van der Waals surface area (Å²) in [7, 11) is -3.83. The van der Waals surface area contributed by atoms with E-state index in [0.717, 1.165) is 24.6 Å². The molecule has 2 saturated carbocycles. The Morgan fingerprint density at radius 3 is 2.52 bits per heavy atom. The fourth-order valence-corrected chi connectivity index (χ4v) is 11.7. The maximum Gasteiger partial charge on any atom is 0.240 e. The molecule has 0 unspecified atom stereocenters. The molecule has 60 heavy (non-hydrogen) atoms. The van der Waals surface area contributed by atoms with Crippen LogP contribution in [0.15, 0.2) is 36.2 Å². The Morgan fingerprint density at radius 1 is 1.12 bits per heavy atom. The van der Waals surface area contributed by atoms with Crippen LogP contribution in [-0.2, 0) is 29.1 Å². The van der Waals surface area contributed by atoms with Crippen molar-refractivity contribution in [3.8, 4) is 22.9 Å². The lowest BCUT2D eigenvalue weighted by Crippen LogP contribution is -2.55. The molecular weight excluding hydrogens is 826 g/mol. The number of carbonyl (C=O) groups is 3. The minimum atomic E-state index is -3.83. The fraction of sp³-hybridized carbons (Fsp3) is 0.614. The Labute approximate surface area is 361 Å². The van der Waals surface area contributed by atoms with Crippen LogP contribution in [0, 0.1) is 22.7 Å². The molecule has 2 amide bonds. The number of morpholine rings is 1. The van der Waals surface area contributed by atoms with Crippen LogP contribution >= 0.6 is 22.9 Å². The second-order valence-corrected chi connectivity index (χ2v) is 21.8. The summed E-state index contributed by atoms with van der Waals surface area (Å²) in [6, 6.07) is 4.27. The first kappa shape index (κ1) is 43.0. The average molecular weight is 883 g/mol. The zero-order valence-electron chi connectivity index (χ0n) is 35.1. The molecule has 5 heterocycles. The number of halogens is 1. The number of amides is 2. The SMILES string of the molecule is C=C[C@@H]1C[C@]1(CC(=O)[C@@H]1C[C@@H](Oc2cc(-c3csc(C(C)C)n3)nc3c(Cl)c(OCCN4CCOCC4)ccc23)[C@H]2CC[C@H](C(C)(C)C)C(=O)N21)C(=O)NS(=O)(=O)C1CC1. The van der Waals surface area contributed by atoms with Gasteiger partial charge in [-0.2, -0.15) is 0 Å². The van der Waals surface area contributed by atoms with Crippen molar-refractivity contribution in [2.75, 3.05) is 39.5 Å². The number of pyridine rings is 1. The number of piperidine rings is 1. The number of nitrogens with one attached hydrogen (secondary N) is 1. The molecule has 5 fully saturated rings. The van der Waals surface area contributed by atoms with Crippen LogP contribution < -0.4 is 14.2 Å². The molecule has 8 rings (SSSR count). The number of sulfonamides is 1. The van der Waals surface area contributed by atoms with Gasteiger partial charge in [0.2, 0.25) is 21.8 Å². The number of benzene rings is 1. The predicted octanol–water partition coefficient (Wildman–Crippen LogP) is 6.78. The summed E-state index contributed by atoms with van der Waals surface area (Å²) in [5.41, 5.74) is 0.144. The first-order valence-corrected chi connectivity index (χ1v) is 24.0. The van der Waals surface area contributed by atoms with Gasteiger partial charge in [0.25, 0.3) is 0 Å². The van der Waals surface area contributed by atoms with Crippen molar-refractivity contribution >= 4 is 61.5 Å². The second-order valence-electron chi connectivity index (χ2n) is 18.5. The number of hydrogen-bond donors (Lipinski definition) is 1. The van der Waals surface area contributed by atoms with Gasteiger partial charge in [0.15, 0.2) is 5.78 Å². The smallest absolute Gasteiger partial charge is 0.240 e. The van der Waals surface area contributed by atoms with E-state index >= 15 is 0 Å². The fourth-order valence-electron chi connectivity index (χ4n) is 9.20. The second kappa shape index (κ2) is 16.6. The standard InChI is InChI=1S/C44H56ClN5O8S2/c1-7-26-22-44(26,42(53)48-60(54,55)27-8-9-27)23-34(51)33-21-37(32-12-11-29(43(4,5)6)41(52)50(32)33)58-36-20-30(31-24-59-40(47-31)25(2)3)46-39-28(36)10-13-35(38(39)45)57-19-16-49-14-17-56-18-15-49/h7,10,13,20,24-27,29,32-33,37H,1,8-9,11-12,14-19,21-23H2,2-6H3,(H,48,53)/t26-,29+,32-,33+,37-,44-/m1/s1. The number of carbonyl (C=O) groups excluding carboxylic acids is 3. The third kappa shape index (κ3) is 8.45. The molecular formula is C44H56ClN5O8S2. The van der Waals surface area contributed by atoms with Gasteiger partial charge in [-0.05, 0) is 55.6 Å². The number of fused-ring (bicyclic) bond motifs is 2. The molecule has 3 aliphatic heterocycles. The van der Waals surface area contributed by atoms with Crippen molar-refractivity contribution in [3.05, 3.63) is 46.3 Å². The van der Waals surface area contributed by atoms with Gasteiger partial charge in [-0.1, -0.05) is 52.3 Å². The van der Waals surface area contributed by atoms with Crippen molar-refractivity contribution in [2.24, 2.45) is 22.7 Å². The number of hydrogen-bond acceptors (Lipinski definition) is 12. The van der Waals surface area contributed by atoms with Crippen molar-refractivity contribution in [2.45, 2.75) is 109 Å². The predicted molar refractivity (Wildman–Crippen MR) is 231 cm³/mol. The monoisotopic (exact) mass is 881 g/mol. The molecule has 2 aromatic heterocycles. The summed E-state index contributed by atoms with van der Waals surface area (Å²) in [6.07, 6.45) is 3.59. The molecule has 13 nitrogen and oxygen atoms in total. The maximum atomic E-state index is 14.6. The number of allylic oxidation sites excluding steroid dienone is 1. The Kier molecular flexibility index (Phi) is 11.9. The molecule has 324 valence electrons. The van der Waals surface area contributed by atoms with Crippen LogP contribution in [0.5, 0.6) is 11.5 Å². The summed E-state index contributed by atoms with van der Waals surface area (Å²) in [5, 5.41) is 3.35. The number of ketones is 1.